The summed E-state index contributed by atoms with van der Waals surface area (Å²) in [6, 6.07) is 0. The molecule has 1 rings (SSSR count). The lowest BCUT2D eigenvalue weighted by Crippen LogP contribution is -2.15. The lowest BCUT2D eigenvalue weighted by molar-refractivity contribution is 0.592. The van der Waals surface area contributed by atoms with Crippen LogP contribution < -0.4 is 5.32 Å². The summed E-state index contributed by atoms with van der Waals surface area (Å²) in [5.41, 5.74) is 0. The number of rotatable bonds is 5. The van der Waals surface area contributed by atoms with Gasteiger partial charge in [-0.1, -0.05) is 6.92 Å². The van der Waals surface area contributed by atoms with Crippen LogP contribution >= 0.6 is 0 Å². The number of nitrogens with one attached hydrogen (secondary N) is 1. The van der Waals surface area contributed by atoms with Gasteiger partial charge in [-0.3, -0.25) is 0 Å². The van der Waals surface area contributed by atoms with Crippen molar-refractivity contribution in [2.75, 3.05) is 13.1 Å². The fourth-order valence-electron chi connectivity index (χ4n) is 0.982. The van der Waals surface area contributed by atoms with E-state index in [1.165, 1.54) is 6.42 Å². The van der Waals surface area contributed by atoms with Gasteiger partial charge in [-0.2, -0.15) is 0 Å². The molecule has 3 nitrogen and oxygen atoms in total. The van der Waals surface area contributed by atoms with Crippen LogP contribution in [-0.4, -0.2) is 22.6 Å². The van der Waals surface area contributed by atoms with Crippen molar-refractivity contribution in [3.05, 3.63) is 18.7 Å². The molecule has 0 aliphatic rings. The Kier molecular flexibility index (Phi) is 3.69. The topological polar surface area (TPSA) is 29.9 Å². The highest BCUT2D eigenvalue weighted by atomic mass is 15.0. The zero-order valence-electron chi connectivity index (χ0n) is 6.95. The minimum absolute atomic E-state index is 0. The highest BCUT2D eigenvalue weighted by molar-refractivity contribution is 4.73. The standard InChI is InChI=1S/C8H15N3.H2/c1-2-9-4-3-6-11-7-5-10-8-11;/h5,7-9H,2-4,6H2,1H3;1H. The number of aryl methyl sites for hydroxylation is 1. The Morgan fingerprint density at radius 1 is 1.64 bits per heavy atom. The van der Waals surface area contributed by atoms with Gasteiger partial charge < -0.3 is 9.88 Å². The van der Waals surface area contributed by atoms with Crippen molar-refractivity contribution in [2.24, 2.45) is 0 Å². The van der Waals surface area contributed by atoms with Crippen LogP contribution in [-0.2, 0) is 6.54 Å². The van der Waals surface area contributed by atoms with Crippen LogP contribution in [0.15, 0.2) is 18.7 Å². The molecule has 0 saturated carbocycles. The van der Waals surface area contributed by atoms with Crippen LogP contribution in [0.3, 0.4) is 0 Å². The highest BCUT2D eigenvalue weighted by Crippen LogP contribution is 1.88. The van der Waals surface area contributed by atoms with E-state index in [2.05, 4.69) is 21.8 Å². The number of hydrogen-bond donors (Lipinski definition) is 1. The number of aromatic nitrogens is 2. The first kappa shape index (κ1) is 8.27. The van der Waals surface area contributed by atoms with Crippen LogP contribution in [0.25, 0.3) is 0 Å². The van der Waals surface area contributed by atoms with Crippen LogP contribution in [0.1, 0.15) is 14.8 Å². The summed E-state index contributed by atoms with van der Waals surface area (Å²) in [7, 11) is 0. The molecule has 1 heterocycles. The van der Waals surface area contributed by atoms with Gasteiger partial charge in [-0.25, -0.2) is 4.98 Å². The van der Waals surface area contributed by atoms with Crippen LogP contribution in [0.4, 0.5) is 0 Å². The van der Waals surface area contributed by atoms with Crippen molar-refractivity contribution in [1.82, 2.24) is 14.9 Å². The lowest BCUT2D eigenvalue weighted by Gasteiger charge is -2.01. The lowest BCUT2D eigenvalue weighted by atomic mass is 10.4. The van der Waals surface area contributed by atoms with Gasteiger partial charge in [-0.15, -0.1) is 0 Å². The average Bonchev–Trinajstić information content (AvgIpc) is 2.50. The smallest absolute Gasteiger partial charge is 0.0945 e. The quantitative estimate of drug-likeness (QED) is 0.646. The second-order valence-electron chi connectivity index (χ2n) is 2.51. The minimum atomic E-state index is 0. The molecule has 0 bridgehead atoms. The Bertz CT molecular complexity index is 174. The molecule has 1 N–H and O–H groups in total. The van der Waals surface area contributed by atoms with E-state index in [-0.39, 0.29) is 1.43 Å². The van der Waals surface area contributed by atoms with Gasteiger partial charge in [0.1, 0.15) is 0 Å². The van der Waals surface area contributed by atoms with Gasteiger partial charge in [0.15, 0.2) is 0 Å². The maximum Gasteiger partial charge on any atom is 0.0945 e. The summed E-state index contributed by atoms with van der Waals surface area (Å²) >= 11 is 0. The maximum atomic E-state index is 3.96. The fraction of sp³-hybridized carbons (Fsp3) is 0.625. The molecular formula is C8H17N3. The van der Waals surface area contributed by atoms with Gasteiger partial charge >= 0.3 is 0 Å². The Morgan fingerprint density at radius 2 is 2.55 bits per heavy atom. The van der Waals surface area contributed by atoms with Gasteiger partial charge in [0.25, 0.3) is 0 Å². The van der Waals surface area contributed by atoms with Crippen molar-refractivity contribution in [3.63, 3.8) is 0 Å². The van der Waals surface area contributed by atoms with Crippen molar-refractivity contribution >= 4 is 0 Å². The van der Waals surface area contributed by atoms with E-state index in [1.807, 2.05) is 18.7 Å². The molecule has 0 atom stereocenters. The molecule has 0 unspecified atom stereocenters. The summed E-state index contributed by atoms with van der Waals surface area (Å²) in [6.45, 7) is 5.34. The van der Waals surface area contributed by atoms with Gasteiger partial charge in [0.2, 0.25) is 0 Å². The van der Waals surface area contributed by atoms with E-state index in [1.54, 1.807) is 0 Å². The van der Waals surface area contributed by atoms with Crippen LogP contribution in [0.5, 0.6) is 0 Å². The fourth-order valence-corrected chi connectivity index (χ4v) is 0.982. The second kappa shape index (κ2) is 4.91. The van der Waals surface area contributed by atoms with Crippen LogP contribution in [0, 0.1) is 0 Å². The zero-order valence-corrected chi connectivity index (χ0v) is 6.95. The molecule has 64 valence electrons. The molecule has 1 aromatic rings. The predicted molar refractivity (Wildman–Crippen MR) is 47.5 cm³/mol. The molecule has 0 radical (unpaired) electrons. The molecule has 0 saturated heterocycles. The van der Waals surface area contributed by atoms with Crippen molar-refractivity contribution in [3.8, 4) is 0 Å². The summed E-state index contributed by atoms with van der Waals surface area (Å²) in [6.07, 6.45) is 6.83. The number of imidazole rings is 1. The van der Waals surface area contributed by atoms with E-state index >= 15 is 0 Å². The largest absolute Gasteiger partial charge is 0.337 e. The second-order valence-corrected chi connectivity index (χ2v) is 2.51. The van der Waals surface area contributed by atoms with Gasteiger partial charge in [-0.05, 0) is 19.5 Å². The Balaban J connectivity index is 0.00000121. The van der Waals surface area contributed by atoms with Gasteiger partial charge in [0.05, 0.1) is 6.33 Å². The molecule has 11 heavy (non-hydrogen) atoms. The van der Waals surface area contributed by atoms with E-state index in [4.69, 9.17) is 0 Å². The van der Waals surface area contributed by atoms with E-state index in [9.17, 15) is 0 Å². The molecule has 0 spiro atoms. The minimum Gasteiger partial charge on any atom is -0.337 e. The molecule has 0 aliphatic carbocycles. The van der Waals surface area contributed by atoms with E-state index < -0.39 is 0 Å². The predicted octanol–water partition coefficient (Wildman–Crippen LogP) is 1.13. The van der Waals surface area contributed by atoms with Crippen molar-refractivity contribution < 1.29 is 1.43 Å². The molecule has 0 fully saturated rings. The molecule has 1 aromatic heterocycles. The molecule has 0 amide bonds. The Hall–Kier alpha value is -0.830. The van der Waals surface area contributed by atoms with Crippen LogP contribution in [0.2, 0.25) is 0 Å². The zero-order chi connectivity index (χ0) is 7.94. The molecular weight excluding hydrogens is 138 g/mol. The third-order valence-electron chi connectivity index (χ3n) is 1.58. The Labute approximate surface area is 68.9 Å². The normalized spacial score (nSPS) is 10.3. The molecule has 3 heteroatoms. The van der Waals surface area contributed by atoms with E-state index in [0.717, 1.165) is 19.6 Å². The first-order valence-electron chi connectivity index (χ1n) is 4.10. The van der Waals surface area contributed by atoms with Gasteiger partial charge in [0, 0.05) is 20.4 Å². The Morgan fingerprint density at radius 3 is 3.18 bits per heavy atom. The average molecular weight is 155 g/mol. The summed E-state index contributed by atoms with van der Waals surface area (Å²) in [4.78, 5) is 3.96. The summed E-state index contributed by atoms with van der Waals surface area (Å²) in [5.74, 6) is 0. The first-order chi connectivity index (χ1) is 5.43. The van der Waals surface area contributed by atoms with Crippen molar-refractivity contribution in [2.45, 2.75) is 19.9 Å². The third-order valence-corrected chi connectivity index (χ3v) is 1.58. The maximum absolute atomic E-state index is 3.96. The number of nitrogens with zero attached hydrogens (tertiary/aromatic N) is 2. The van der Waals surface area contributed by atoms with E-state index in [0.29, 0.717) is 0 Å². The third kappa shape index (κ3) is 3.18. The SMILES string of the molecule is CCNCCCn1ccnc1.[HH]. The van der Waals surface area contributed by atoms with Crippen molar-refractivity contribution in [1.29, 1.82) is 0 Å². The summed E-state index contributed by atoms with van der Waals surface area (Å²) < 4.78 is 2.09. The summed E-state index contributed by atoms with van der Waals surface area (Å²) in [5, 5.41) is 3.28. The number of hydrogen-bond acceptors (Lipinski definition) is 2. The first-order valence-corrected chi connectivity index (χ1v) is 4.10. The molecule has 0 aliphatic heterocycles. The monoisotopic (exact) mass is 155 g/mol. The molecule has 0 aromatic carbocycles. The highest BCUT2D eigenvalue weighted by Gasteiger charge is 1.88.